The minimum absolute atomic E-state index is 0.0461. The molecular weight excluding hydrogens is 464 g/mol. The summed E-state index contributed by atoms with van der Waals surface area (Å²) in [6, 6.07) is 12.9. The lowest BCUT2D eigenvalue weighted by Gasteiger charge is -2.35. The number of benzene rings is 1. The van der Waals surface area contributed by atoms with E-state index in [-0.39, 0.29) is 11.9 Å². The lowest BCUT2D eigenvalue weighted by atomic mass is 9.81. The van der Waals surface area contributed by atoms with Gasteiger partial charge in [-0.3, -0.25) is 14.6 Å². The third-order valence-electron chi connectivity index (χ3n) is 6.46. The largest absolute Gasteiger partial charge is 0.380 e. The van der Waals surface area contributed by atoms with Crippen molar-refractivity contribution >= 4 is 46.0 Å². The number of nitrogens with zero attached hydrogens (tertiary/aromatic N) is 3. The molecule has 0 spiro atoms. The maximum Gasteiger partial charge on any atom is 0.256 e. The first kappa shape index (κ1) is 23.2. The second kappa shape index (κ2) is 9.62. The number of amides is 2. The summed E-state index contributed by atoms with van der Waals surface area (Å²) in [7, 11) is 0. The molecule has 0 saturated heterocycles. The van der Waals surface area contributed by atoms with E-state index in [4.69, 9.17) is 0 Å². The van der Waals surface area contributed by atoms with Crippen LogP contribution in [0.15, 0.2) is 47.5 Å². The summed E-state index contributed by atoms with van der Waals surface area (Å²) in [6.45, 7) is 0.535. The van der Waals surface area contributed by atoms with Gasteiger partial charge in [-0.25, -0.2) is 4.98 Å². The Labute approximate surface area is 206 Å². The van der Waals surface area contributed by atoms with E-state index in [1.807, 2.05) is 12.1 Å². The molecular formula is C25H24N6O3S. The predicted octanol–water partition coefficient (Wildman–Crippen LogP) is 2.95. The highest BCUT2D eigenvalue weighted by Crippen LogP contribution is 2.32. The monoisotopic (exact) mass is 488 g/mol. The molecule has 35 heavy (non-hydrogen) atoms. The fourth-order valence-corrected chi connectivity index (χ4v) is 5.20. The Hall–Kier alpha value is -3.52. The number of hydrogen-bond donors (Lipinski definition) is 4. The van der Waals surface area contributed by atoms with Crippen molar-refractivity contribution in [2.24, 2.45) is 0 Å². The quantitative estimate of drug-likeness (QED) is 0.430. The third kappa shape index (κ3) is 4.98. The van der Waals surface area contributed by atoms with Crippen molar-refractivity contribution in [1.29, 1.82) is 5.26 Å². The number of hydrogen-bond acceptors (Lipinski definition) is 8. The van der Waals surface area contributed by atoms with Gasteiger partial charge in [0.05, 0.1) is 39.2 Å². The zero-order valence-corrected chi connectivity index (χ0v) is 19.7. The molecule has 1 aliphatic carbocycles. The minimum Gasteiger partial charge on any atom is -0.380 e. The Morgan fingerprint density at radius 3 is 2.89 bits per heavy atom. The van der Waals surface area contributed by atoms with Crippen molar-refractivity contribution in [2.75, 3.05) is 16.4 Å². The molecule has 2 aliphatic rings. The fourth-order valence-electron chi connectivity index (χ4n) is 4.44. The molecule has 9 nitrogen and oxygen atoms in total. The third-order valence-corrected chi connectivity index (χ3v) is 7.51. The molecule has 1 aliphatic heterocycles. The molecule has 2 aromatic heterocycles. The fraction of sp³-hybridized carbons (Fsp3) is 0.320. The van der Waals surface area contributed by atoms with Gasteiger partial charge in [-0.05, 0) is 62.1 Å². The van der Waals surface area contributed by atoms with Gasteiger partial charge in [-0.1, -0.05) is 0 Å². The number of thioether (sulfide) groups is 1. The molecule has 3 heterocycles. The van der Waals surface area contributed by atoms with Gasteiger partial charge in [0.1, 0.15) is 11.4 Å². The van der Waals surface area contributed by atoms with Gasteiger partial charge >= 0.3 is 0 Å². The molecule has 0 bridgehead atoms. The summed E-state index contributed by atoms with van der Waals surface area (Å²) in [4.78, 5) is 34.4. The first-order valence-electron chi connectivity index (χ1n) is 11.4. The predicted molar refractivity (Wildman–Crippen MR) is 133 cm³/mol. The SMILES string of the molecule is N#Cc1ccc2nccc(NC(=O)[C@]3(O)CC[C@@H](NCc4ccc5c(n4)NC(=O)CS5)CC3)c2c1. The molecule has 10 heteroatoms. The van der Waals surface area contributed by atoms with Crippen LogP contribution >= 0.6 is 11.8 Å². The van der Waals surface area contributed by atoms with Crippen LogP contribution in [0.4, 0.5) is 11.5 Å². The van der Waals surface area contributed by atoms with Crippen LogP contribution in [0.2, 0.25) is 0 Å². The molecule has 0 radical (unpaired) electrons. The number of pyridine rings is 2. The van der Waals surface area contributed by atoms with Crippen LogP contribution < -0.4 is 16.0 Å². The molecule has 2 amide bonds. The molecule has 5 rings (SSSR count). The van der Waals surface area contributed by atoms with Crippen molar-refractivity contribution < 1.29 is 14.7 Å². The number of nitriles is 1. The molecule has 3 aromatic rings. The minimum atomic E-state index is -1.47. The number of carbonyl (C=O) groups excluding carboxylic acids is 2. The summed E-state index contributed by atoms with van der Waals surface area (Å²) < 4.78 is 0. The van der Waals surface area contributed by atoms with E-state index < -0.39 is 11.5 Å². The Morgan fingerprint density at radius 1 is 1.26 bits per heavy atom. The van der Waals surface area contributed by atoms with E-state index in [2.05, 4.69) is 32.0 Å². The number of rotatable bonds is 5. The van der Waals surface area contributed by atoms with Gasteiger partial charge in [-0.15, -0.1) is 11.8 Å². The zero-order valence-electron chi connectivity index (χ0n) is 18.9. The standard InChI is InChI=1S/C25H24N6O3S/c26-12-15-1-3-19-18(11-15)20(7-10-27-19)30-24(33)25(34)8-5-16(6-9-25)28-13-17-2-4-21-23(29-17)31-22(32)14-35-21/h1-4,7,10-11,16,28,34H,5-6,8-9,13-14H2,(H,27,30,33)(H,29,31,32)/t16-,25+. The molecule has 1 aromatic carbocycles. The van der Waals surface area contributed by atoms with E-state index in [1.165, 1.54) is 11.8 Å². The summed E-state index contributed by atoms with van der Waals surface area (Å²) in [5.41, 5.74) is 1.02. The Kier molecular flexibility index (Phi) is 6.38. The maximum atomic E-state index is 13.0. The molecule has 0 atom stereocenters. The number of aliphatic hydroxyl groups is 1. The summed E-state index contributed by atoms with van der Waals surface area (Å²) in [5, 5.41) is 30.0. The van der Waals surface area contributed by atoms with Crippen LogP contribution in [0.3, 0.4) is 0 Å². The second-order valence-corrected chi connectivity index (χ2v) is 9.85. The van der Waals surface area contributed by atoms with Crippen LogP contribution in [0, 0.1) is 11.3 Å². The Bertz CT molecular complexity index is 1350. The van der Waals surface area contributed by atoms with Gasteiger partial charge < -0.3 is 21.1 Å². The van der Waals surface area contributed by atoms with E-state index in [0.29, 0.717) is 66.0 Å². The Balaban J connectivity index is 1.19. The van der Waals surface area contributed by atoms with Gasteiger partial charge in [0.25, 0.3) is 5.91 Å². The highest BCUT2D eigenvalue weighted by atomic mass is 32.2. The molecule has 1 fully saturated rings. The first-order valence-corrected chi connectivity index (χ1v) is 12.4. The van der Waals surface area contributed by atoms with Crippen LogP contribution in [-0.2, 0) is 16.1 Å². The number of nitrogens with one attached hydrogen (secondary N) is 3. The zero-order chi connectivity index (χ0) is 24.4. The second-order valence-electron chi connectivity index (χ2n) is 8.83. The summed E-state index contributed by atoms with van der Waals surface area (Å²) in [6.07, 6.45) is 3.52. The van der Waals surface area contributed by atoms with Crippen molar-refractivity contribution in [3.63, 3.8) is 0 Å². The maximum absolute atomic E-state index is 13.0. The van der Waals surface area contributed by atoms with Crippen molar-refractivity contribution in [2.45, 2.75) is 48.8 Å². The molecule has 1 saturated carbocycles. The van der Waals surface area contributed by atoms with Crippen molar-refractivity contribution in [3.05, 3.63) is 53.9 Å². The van der Waals surface area contributed by atoms with Crippen LogP contribution in [0.5, 0.6) is 0 Å². The summed E-state index contributed by atoms with van der Waals surface area (Å²) >= 11 is 1.48. The lowest BCUT2D eigenvalue weighted by Crippen LogP contribution is -2.48. The van der Waals surface area contributed by atoms with Crippen LogP contribution in [0.1, 0.15) is 36.9 Å². The topological polar surface area (TPSA) is 140 Å². The first-order chi connectivity index (χ1) is 16.9. The van der Waals surface area contributed by atoms with E-state index in [9.17, 15) is 20.0 Å². The number of aromatic nitrogens is 2. The van der Waals surface area contributed by atoms with Gasteiger partial charge in [-0.2, -0.15) is 5.26 Å². The summed E-state index contributed by atoms with van der Waals surface area (Å²) in [5.74, 6) is 0.514. The van der Waals surface area contributed by atoms with E-state index >= 15 is 0 Å². The lowest BCUT2D eigenvalue weighted by molar-refractivity contribution is -0.137. The van der Waals surface area contributed by atoms with E-state index in [1.54, 1.807) is 30.5 Å². The van der Waals surface area contributed by atoms with Crippen LogP contribution in [-0.4, -0.2) is 44.3 Å². The van der Waals surface area contributed by atoms with Gasteiger partial charge in [0.15, 0.2) is 0 Å². The highest BCUT2D eigenvalue weighted by Gasteiger charge is 2.40. The molecule has 178 valence electrons. The normalized spacial score (nSPS) is 21.6. The molecule has 0 unspecified atom stereocenters. The molecule has 4 N–H and O–H groups in total. The average Bonchev–Trinajstić information content (AvgIpc) is 2.88. The van der Waals surface area contributed by atoms with Crippen LogP contribution in [0.25, 0.3) is 10.9 Å². The number of fused-ring (bicyclic) bond motifs is 2. The van der Waals surface area contributed by atoms with Gasteiger partial charge in [0, 0.05) is 24.2 Å². The number of anilines is 2. The van der Waals surface area contributed by atoms with E-state index in [0.717, 1.165) is 10.6 Å². The van der Waals surface area contributed by atoms with Gasteiger partial charge in [0.2, 0.25) is 5.91 Å². The van der Waals surface area contributed by atoms with Crippen molar-refractivity contribution in [3.8, 4) is 6.07 Å². The van der Waals surface area contributed by atoms with Crippen molar-refractivity contribution in [1.82, 2.24) is 15.3 Å². The Morgan fingerprint density at radius 2 is 2.09 bits per heavy atom. The number of carbonyl (C=O) groups is 2. The average molecular weight is 489 g/mol. The highest BCUT2D eigenvalue weighted by molar-refractivity contribution is 8.00. The smallest absolute Gasteiger partial charge is 0.256 e.